The molecule has 2 unspecified atom stereocenters. The fourth-order valence-electron chi connectivity index (χ4n) is 1.93. The van der Waals surface area contributed by atoms with Gasteiger partial charge < -0.3 is 5.32 Å². The van der Waals surface area contributed by atoms with E-state index in [0.29, 0.717) is 6.04 Å². The van der Waals surface area contributed by atoms with E-state index in [1.54, 1.807) is 0 Å². The van der Waals surface area contributed by atoms with E-state index in [1.165, 1.54) is 22.8 Å². The third-order valence-corrected chi connectivity index (χ3v) is 5.79. The molecule has 0 bridgehead atoms. The summed E-state index contributed by atoms with van der Waals surface area (Å²) in [5.74, 6) is 3.89. The molecule has 1 N–H and O–H groups in total. The average Bonchev–Trinajstić information content (AvgIpc) is 2.38. The van der Waals surface area contributed by atoms with Gasteiger partial charge in [-0.05, 0) is 31.2 Å². The third kappa shape index (κ3) is 3.40. The Hall–Kier alpha value is -0.190. The van der Waals surface area contributed by atoms with Gasteiger partial charge in [0.25, 0.3) is 0 Å². The Morgan fingerprint density at radius 3 is 2.88 bits per heavy atom. The number of pyridine rings is 1. The van der Waals surface area contributed by atoms with Gasteiger partial charge in [-0.15, -0.1) is 0 Å². The number of thioether (sulfide) groups is 2. The molecule has 2 atom stereocenters. The minimum atomic E-state index is 0.584. The smallest absolute Gasteiger partial charge is 0.0295 e. The second kappa shape index (κ2) is 6.52. The first-order valence-corrected chi connectivity index (χ1v) is 7.86. The largest absolute Gasteiger partial charge is 0.316 e. The molecule has 4 heteroatoms. The summed E-state index contributed by atoms with van der Waals surface area (Å²) in [4.78, 5) is 4.06. The number of rotatable bonds is 4. The van der Waals surface area contributed by atoms with E-state index in [-0.39, 0.29) is 0 Å². The number of hydrogen-bond acceptors (Lipinski definition) is 4. The molecule has 1 aliphatic rings. The van der Waals surface area contributed by atoms with Crippen molar-refractivity contribution in [3.05, 3.63) is 30.1 Å². The van der Waals surface area contributed by atoms with Crippen molar-refractivity contribution in [1.29, 1.82) is 0 Å². The fourth-order valence-corrected chi connectivity index (χ4v) is 4.86. The molecule has 16 heavy (non-hydrogen) atoms. The zero-order valence-corrected chi connectivity index (χ0v) is 11.2. The number of hydrogen-bond donors (Lipinski definition) is 1. The molecular formula is C12H18N2S2. The topological polar surface area (TPSA) is 24.9 Å². The van der Waals surface area contributed by atoms with Crippen molar-refractivity contribution in [1.82, 2.24) is 10.3 Å². The molecule has 0 radical (unpaired) electrons. The van der Waals surface area contributed by atoms with Gasteiger partial charge in [0.2, 0.25) is 0 Å². The van der Waals surface area contributed by atoms with E-state index in [1.807, 2.05) is 12.4 Å². The molecule has 1 aromatic rings. The Bertz CT molecular complexity index is 299. The van der Waals surface area contributed by atoms with Gasteiger partial charge in [0, 0.05) is 40.9 Å². The van der Waals surface area contributed by atoms with Crippen LogP contribution in [0.2, 0.25) is 0 Å². The second-order valence-electron chi connectivity index (χ2n) is 3.94. The lowest BCUT2D eigenvalue weighted by atomic mass is 10.1. The van der Waals surface area contributed by atoms with Crippen LogP contribution in [0, 0.1) is 0 Å². The Morgan fingerprint density at radius 1 is 1.44 bits per heavy atom. The summed E-state index contributed by atoms with van der Waals surface area (Å²) >= 11 is 4.20. The predicted molar refractivity (Wildman–Crippen MR) is 74.4 cm³/mol. The summed E-state index contributed by atoms with van der Waals surface area (Å²) in [6.45, 7) is 0. The summed E-state index contributed by atoms with van der Waals surface area (Å²) in [5, 5.41) is 4.21. The highest BCUT2D eigenvalue weighted by molar-refractivity contribution is 8.06. The van der Waals surface area contributed by atoms with Crippen molar-refractivity contribution in [3.8, 4) is 0 Å². The SMILES string of the molecule is CNC(Cc1ccncc1)C1CSCCS1. The number of nitrogens with one attached hydrogen (secondary N) is 1. The second-order valence-corrected chi connectivity index (χ2v) is 6.44. The first kappa shape index (κ1) is 12.3. The monoisotopic (exact) mass is 254 g/mol. The lowest BCUT2D eigenvalue weighted by molar-refractivity contribution is 0.557. The average molecular weight is 254 g/mol. The van der Waals surface area contributed by atoms with Gasteiger partial charge in [0.05, 0.1) is 0 Å². The molecule has 1 aliphatic heterocycles. The normalized spacial score (nSPS) is 22.9. The Kier molecular flexibility index (Phi) is 5.00. The van der Waals surface area contributed by atoms with Crippen LogP contribution in [0.4, 0.5) is 0 Å². The minimum Gasteiger partial charge on any atom is -0.316 e. The third-order valence-electron chi connectivity index (χ3n) is 2.87. The standard InChI is InChI=1S/C12H18N2S2/c1-13-11(12-9-15-6-7-16-12)8-10-2-4-14-5-3-10/h2-5,11-13H,6-9H2,1H3. The van der Waals surface area contributed by atoms with Crippen LogP contribution in [0.3, 0.4) is 0 Å². The Labute approximate surface area is 106 Å². The zero-order chi connectivity index (χ0) is 11.2. The van der Waals surface area contributed by atoms with Crippen molar-refractivity contribution in [3.63, 3.8) is 0 Å². The molecule has 0 amide bonds. The molecule has 1 saturated heterocycles. The Morgan fingerprint density at radius 2 is 2.25 bits per heavy atom. The van der Waals surface area contributed by atoms with Crippen LogP contribution in [-0.4, -0.2) is 40.6 Å². The molecule has 0 aromatic carbocycles. The summed E-state index contributed by atoms with van der Waals surface area (Å²) in [6.07, 6.45) is 4.87. The van der Waals surface area contributed by atoms with E-state index in [0.717, 1.165) is 11.7 Å². The molecule has 0 aliphatic carbocycles. The molecule has 2 nitrogen and oxygen atoms in total. The first-order chi connectivity index (χ1) is 7.90. The Balaban J connectivity index is 1.94. The lowest BCUT2D eigenvalue weighted by Gasteiger charge is -2.29. The van der Waals surface area contributed by atoms with Gasteiger partial charge >= 0.3 is 0 Å². The van der Waals surface area contributed by atoms with E-state index < -0.39 is 0 Å². The maximum atomic E-state index is 4.06. The fraction of sp³-hybridized carbons (Fsp3) is 0.583. The van der Waals surface area contributed by atoms with Crippen LogP contribution in [0.1, 0.15) is 5.56 Å². The van der Waals surface area contributed by atoms with Crippen molar-refractivity contribution >= 4 is 23.5 Å². The van der Waals surface area contributed by atoms with Crippen molar-refractivity contribution < 1.29 is 0 Å². The number of nitrogens with zero attached hydrogens (tertiary/aromatic N) is 1. The molecule has 0 spiro atoms. The predicted octanol–water partition coefficient (Wildman–Crippen LogP) is 2.06. The van der Waals surface area contributed by atoms with Crippen LogP contribution >= 0.6 is 23.5 Å². The van der Waals surface area contributed by atoms with E-state index in [9.17, 15) is 0 Å². The van der Waals surface area contributed by atoms with E-state index in [2.05, 4.69) is 53.0 Å². The van der Waals surface area contributed by atoms with Crippen LogP contribution < -0.4 is 5.32 Å². The quantitative estimate of drug-likeness (QED) is 0.889. The van der Waals surface area contributed by atoms with Crippen molar-refractivity contribution in [2.45, 2.75) is 17.7 Å². The maximum absolute atomic E-state index is 4.06. The molecule has 88 valence electrons. The van der Waals surface area contributed by atoms with Crippen LogP contribution in [0.5, 0.6) is 0 Å². The van der Waals surface area contributed by atoms with E-state index >= 15 is 0 Å². The zero-order valence-electron chi connectivity index (χ0n) is 9.56. The number of likely N-dealkylation sites (N-methyl/N-ethyl adjacent to an activating group) is 1. The highest BCUT2D eigenvalue weighted by Gasteiger charge is 2.23. The summed E-state index contributed by atoms with van der Waals surface area (Å²) in [5.41, 5.74) is 1.38. The lowest BCUT2D eigenvalue weighted by Crippen LogP contribution is -2.40. The van der Waals surface area contributed by atoms with Gasteiger partial charge in [-0.2, -0.15) is 23.5 Å². The molecule has 0 saturated carbocycles. The summed E-state index contributed by atoms with van der Waals surface area (Å²) in [6, 6.07) is 4.82. The maximum Gasteiger partial charge on any atom is 0.0295 e. The molecular weight excluding hydrogens is 236 g/mol. The van der Waals surface area contributed by atoms with Gasteiger partial charge in [-0.3, -0.25) is 4.98 Å². The summed E-state index contributed by atoms with van der Waals surface area (Å²) in [7, 11) is 2.08. The van der Waals surface area contributed by atoms with Gasteiger partial charge in [0.1, 0.15) is 0 Å². The first-order valence-electron chi connectivity index (χ1n) is 5.65. The highest BCUT2D eigenvalue weighted by Crippen LogP contribution is 2.27. The highest BCUT2D eigenvalue weighted by atomic mass is 32.2. The van der Waals surface area contributed by atoms with Gasteiger partial charge in [-0.1, -0.05) is 0 Å². The van der Waals surface area contributed by atoms with Crippen LogP contribution in [0.15, 0.2) is 24.5 Å². The summed E-state index contributed by atoms with van der Waals surface area (Å²) < 4.78 is 0. The van der Waals surface area contributed by atoms with Gasteiger partial charge in [-0.25, -0.2) is 0 Å². The van der Waals surface area contributed by atoms with Crippen LogP contribution in [0.25, 0.3) is 0 Å². The van der Waals surface area contributed by atoms with Crippen molar-refractivity contribution in [2.75, 3.05) is 24.3 Å². The molecule has 1 fully saturated rings. The van der Waals surface area contributed by atoms with Crippen molar-refractivity contribution in [2.24, 2.45) is 0 Å². The van der Waals surface area contributed by atoms with Gasteiger partial charge in [0.15, 0.2) is 0 Å². The molecule has 1 aromatic heterocycles. The number of aromatic nitrogens is 1. The molecule has 2 heterocycles. The molecule has 2 rings (SSSR count). The van der Waals surface area contributed by atoms with Crippen LogP contribution in [-0.2, 0) is 6.42 Å². The minimum absolute atomic E-state index is 0.584. The van der Waals surface area contributed by atoms with E-state index in [4.69, 9.17) is 0 Å².